The van der Waals surface area contributed by atoms with Crippen LogP contribution in [0.5, 0.6) is 0 Å². The Morgan fingerprint density at radius 3 is 3.15 bits per heavy atom. The van der Waals surface area contributed by atoms with Crippen molar-refractivity contribution in [1.82, 2.24) is 15.3 Å². The summed E-state index contributed by atoms with van der Waals surface area (Å²) >= 11 is 0. The molecule has 4 nitrogen and oxygen atoms in total. The van der Waals surface area contributed by atoms with Gasteiger partial charge in [0.15, 0.2) is 0 Å². The molecular weight excluding hydrogens is 164 g/mol. The average molecular weight is 178 g/mol. The highest BCUT2D eigenvalue weighted by molar-refractivity contribution is 5.37. The number of anilines is 1. The molecular formula is C9H14N4. The van der Waals surface area contributed by atoms with Crippen molar-refractivity contribution in [2.24, 2.45) is 0 Å². The molecule has 1 aromatic rings. The fourth-order valence-corrected chi connectivity index (χ4v) is 1.62. The molecule has 4 heteroatoms. The van der Waals surface area contributed by atoms with Crippen molar-refractivity contribution < 1.29 is 0 Å². The Balaban J connectivity index is 2.15. The summed E-state index contributed by atoms with van der Waals surface area (Å²) in [5, 5.41) is 3.34. The quantitative estimate of drug-likeness (QED) is 0.670. The molecule has 1 aliphatic heterocycles. The lowest BCUT2D eigenvalue weighted by Crippen LogP contribution is -2.50. The molecule has 0 saturated carbocycles. The van der Waals surface area contributed by atoms with Crippen molar-refractivity contribution in [2.45, 2.75) is 13.0 Å². The van der Waals surface area contributed by atoms with Crippen LogP contribution in [0.2, 0.25) is 0 Å². The zero-order valence-electron chi connectivity index (χ0n) is 7.77. The van der Waals surface area contributed by atoms with Crippen LogP contribution in [-0.2, 0) is 0 Å². The van der Waals surface area contributed by atoms with Gasteiger partial charge in [-0.05, 0) is 6.92 Å². The summed E-state index contributed by atoms with van der Waals surface area (Å²) in [5.41, 5.74) is 0. The highest BCUT2D eigenvalue weighted by Gasteiger charge is 2.18. The molecule has 70 valence electrons. The van der Waals surface area contributed by atoms with Crippen molar-refractivity contribution in [2.75, 3.05) is 24.5 Å². The third-order valence-electron chi connectivity index (χ3n) is 2.35. The minimum atomic E-state index is 0.505. The van der Waals surface area contributed by atoms with Gasteiger partial charge >= 0.3 is 0 Å². The van der Waals surface area contributed by atoms with E-state index in [-0.39, 0.29) is 0 Å². The number of aromatic nitrogens is 2. The standard InChI is InChI=1S/C9H14N4/c1-8-6-11-4-5-13(8)9-7-10-2-3-12-9/h2-3,7-8,11H,4-6H2,1H3. The summed E-state index contributed by atoms with van der Waals surface area (Å²) in [6.45, 7) is 5.26. The summed E-state index contributed by atoms with van der Waals surface area (Å²) in [6.07, 6.45) is 5.27. The number of rotatable bonds is 1. The molecule has 1 N–H and O–H groups in total. The predicted octanol–water partition coefficient (Wildman–Crippen LogP) is 0.275. The third kappa shape index (κ3) is 1.78. The summed E-state index contributed by atoms with van der Waals surface area (Å²) in [4.78, 5) is 10.6. The maximum Gasteiger partial charge on any atom is 0.147 e. The van der Waals surface area contributed by atoms with Crippen molar-refractivity contribution in [1.29, 1.82) is 0 Å². The van der Waals surface area contributed by atoms with Crippen LogP contribution in [-0.4, -0.2) is 35.6 Å². The molecule has 1 atom stereocenters. The van der Waals surface area contributed by atoms with Crippen LogP contribution in [0.4, 0.5) is 5.82 Å². The van der Waals surface area contributed by atoms with Gasteiger partial charge in [-0.2, -0.15) is 0 Å². The Bertz CT molecular complexity index is 262. The first-order chi connectivity index (χ1) is 6.38. The number of nitrogens with one attached hydrogen (secondary N) is 1. The van der Waals surface area contributed by atoms with Gasteiger partial charge in [-0.15, -0.1) is 0 Å². The second kappa shape index (κ2) is 3.70. The smallest absolute Gasteiger partial charge is 0.147 e. The van der Waals surface area contributed by atoms with Gasteiger partial charge in [0.1, 0.15) is 5.82 Å². The van der Waals surface area contributed by atoms with Gasteiger partial charge in [-0.1, -0.05) is 0 Å². The van der Waals surface area contributed by atoms with E-state index in [2.05, 4.69) is 27.1 Å². The fraction of sp³-hybridized carbons (Fsp3) is 0.556. The number of hydrogen-bond acceptors (Lipinski definition) is 4. The average Bonchev–Trinajstić information content (AvgIpc) is 2.20. The van der Waals surface area contributed by atoms with E-state index in [1.165, 1.54) is 0 Å². The lowest BCUT2D eigenvalue weighted by molar-refractivity contribution is 0.496. The first-order valence-electron chi connectivity index (χ1n) is 4.61. The van der Waals surface area contributed by atoms with E-state index >= 15 is 0 Å². The normalized spacial score (nSPS) is 23.2. The maximum atomic E-state index is 4.29. The molecule has 1 fully saturated rings. The van der Waals surface area contributed by atoms with E-state index < -0.39 is 0 Å². The van der Waals surface area contributed by atoms with Gasteiger partial charge in [-0.25, -0.2) is 4.98 Å². The van der Waals surface area contributed by atoms with E-state index in [9.17, 15) is 0 Å². The van der Waals surface area contributed by atoms with E-state index in [1.54, 1.807) is 12.4 Å². The molecule has 0 spiro atoms. The molecule has 0 aliphatic carbocycles. The Hall–Kier alpha value is -1.16. The van der Waals surface area contributed by atoms with Crippen LogP contribution in [0.25, 0.3) is 0 Å². The molecule has 0 bridgehead atoms. The van der Waals surface area contributed by atoms with Crippen molar-refractivity contribution in [3.05, 3.63) is 18.6 Å². The fourth-order valence-electron chi connectivity index (χ4n) is 1.62. The molecule has 2 rings (SSSR count). The highest BCUT2D eigenvalue weighted by atomic mass is 15.3. The van der Waals surface area contributed by atoms with Crippen LogP contribution in [0.1, 0.15) is 6.92 Å². The molecule has 1 saturated heterocycles. The lowest BCUT2D eigenvalue weighted by atomic mass is 10.2. The van der Waals surface area contributed by atoms with Gasteiger partial charge in [0.05, 0.1) is 6.20 Å². The number of nitrogens with zero attached hydrogens (tertiary/aromatic N) is 3. The SMILES string of the molecule is CC1CNCCN1c1cnccn1. The third-order valence-corrected chi connectivity index (χ3v) is 2.35. The summed E-state index contributed by atoms with van der Waals surface area (Å²) in [5.74, 6) is 0.983. The monoisotopic (exact) mass is 178 g/mol. The molecule has 13 heavy (non-hydrogen) atoms. The number of piperazine rings is 1. The zero-order chi connectivity index (χ0) is 9.10. The van der Waals surface area contributed by atoms with Crippen LogP contribution >= 0.6 is 0 Å². The van der Waals surface area contributed by atoms with Gasteiger partial charge < -0.3 is 10.2 Å². The first kappa shape index (κ1) is 8.44. The van der Waals surface area contributed by atoms with Gasteiger partial charge in [0, 0.05) is 38.1 Å². The molecule has 1 aromatic heterocycles. The second-order valence-electron chi connectivity index (χ2n) is 3.31. The van der Waals surface area contributed by atoms with E-state index in [0.717, 1.165) is 25.5 Å². The summed E-state index contributed by atoms with van der Waals surface area (Å²) in [7, 11) is 0. The van der Waals surface area contributed by atoms with Crippen molar-refractivity contribution in [3.8, 4) is 0 Å². The molecule has 0 amide bonds. The largest absolute Gasteiger partial charge is 0.350 e. The van der Waals surface area contributed by atoms with E-state index in [0.29, 0.717) is 6.04 Å². The van der Waals surface area contributed by atoms with E-state index in [4.69, 9.17) is 0 Å². The Labute approximate surface area is 78.0 Å². The van der Waals surface area contributed by atoms with Crippen molar-refractivity contribution in [3.63, 3.8) is 0 Å². The van der Waals surface area contributed by atoms with Crippen LogP contribution in [0, 0.1) is 0 Å². The Morgan fingerprint density at radius 1 is 1.54 bits per heavy atom. The minimum absolute atomic E-state index is 0.505. The minimum Gasteiger partial charge on any atom is -0.350 e. The van der Waals surface area contributed by atoms with Gasteiger partial charge in [0.2, 0.25) is 0 Å². The molecule has 1 unspecified atom stereocenters. The van der Waals surface area contributed by atoms with Crippen LogP contribution < -0.4 is 10.2 Å². The first-order valence-corrected chi connectivity index (χ1v) is 4.61. The molecule has 0 radical (unpaired) electrons. The molecule has 0 aromatic carbocycles. The van der Waals surface area contributed by atoms with E-state index in [1.807, 2.05) is 6.20 Å². The number of hydrogen-bond donors (Lipinski definition) is 1. The summed E-state index contributed by atoms with van der Waals surface area (Å²) in [6, 6.07) is 0.505. The Kier molecular flexibility index (Phi) is 2.40. The molecule has 1 aliphatic rings. The topological polar surface area (TPSA) is 41.0 Å². The van der Waals surface area contributed by atoms with Gasteiger partial charge in [0.25, 0.3) is 0 Å². The van der Waals surface area contributed by atoms with Gasteiger partial charge in [-0.3, -0.25) is 4.98 Å². The zero-order valence-corrected chi connectivity index (χ0v) is 7.77. The van der Waals surface area contributed by atoms with Crippen molar-refractivity contribution >= 4 is 5.82 Å². The van der Waals surface area contributed by atoms with Crippen LogP contribution in [0.15, 0.2) is 18.6 Å². The summed E-state index contributed by atoms with van der Waals surface area (Å²) < 4.78 is 0. The highest BCUT2D eigenvalue weighted by Crippen LogP contribution is 2.12. The van der Waals surface area contributed by atoms with Crippen LogP contribution in [0.3, 0.4) is 0 Å². The molecule has 2 heterocycles. The second-order valence-corrected chi connectivity index (χ2v) is 3.31. The predicted molar refractivity (Wildman–Crippen MR) is 51.7 cm³/mol. The lowest BCUT2D eigenvalue weighted by Gasteiger charge is -2.34. The maximum absolute atomic E-state index is 4.29. The Morgan fingerprint density at radius 2 is 2.46 bits per heavy atom.